The van der Waals surface area contributed by atoms with Crippen LogP contribution in [0.2, 0.25) is 5.02 Å². The predicted octanol–water partition coefficient (Wildman–Crippen LogP) is 3.05. The number of hydrogen-bond acceptors (Lipinski definition) is 5. The van der Waals surface area contributed by atoms with Crippen LogP contribution in [0.3, 0.4) is 0 Å². The van der Waals surface area contributed by atoms with Gasteiger partial charge >= 0.3 is 5.97 Å². The normalized spacial score (nSPS) is 15.3. The van der Waals surface area contributed by atoms with E-state index in [2.05, 4.69) is 10.6 Å². The number of rotatable bonds is 7. The number of anilines is 1. The average molecular weight is 419 g/mol. The highest BCUT2D eigenvalue weighted by Gasteiger charge is 2.29. The minimum atomic E-state index is -0.583. The first-order valence-corrected chi connectivity index (χ1v) is 10.0. The minimum Gasteiger partial charge on any atom is -0.456 e. The third kappa shape index (κ3) is 5.74. The maximum absolute atomic E-state index is 12.1. The van der Waals surface area contributed by atoms with Gasteiger partial charge in [0.15, 0.2) is 6.61 Å². The third-order valence-electron chi connectivity index (χ3n) is 4.07. The molecule has 28 heavy (non-hydrogen) atoms. The molecule has 2 amide bonds. The second kappa shape index (κ2) is 9.61. The molecule has 2 aromatic rings. The molecular weight excluding hydrogens is 400 g/mol. The Labute approximate surface area is 172 Å². The minimum absolute atomic E-state index is 0.0944. The van der Waals surface area contributed by atoms with Crippen molar-refractivity contribution in [3.8, 4) is 0 Å². The molecule has 2 aromatic carbocycles. The van der Waals surface area contributed by atoms with Crippen LogP contribution in [0.25, 0.3) is 0 Å². The number of halogens is 1. The maximum Gasteiger partial charge on any atom is 0.307 e. The Bertz CT molecular complexity index is 873. The summed E-state index contributed by atoms with van der Waals surface area (Å²) in [5.74, 6) is -1.21. The fourth-order valence-electron chi connectivity index (χ4n) is 2.63. The van der Waals surface area contributed by atoms with Crippen LogP contribution < -0.4 is 10.6 Å². The van der Waals surface area contributed by atoms with E-state index in [-0.39, 0.29) is 24.8 Å². The monoisotopic (exact) mass is 418 g/mol. The van der Waals surface area contributed by atoms with E-state index in [1.807, 2.05) is 36.4 Å². The smallest absolute Gasteiger partial charge is 0.307 e. The van der Waals surface area contributed by atoms with E-state index in [1.165, 1.54) is 11.8 Å². The van der Waals surface area contributed by atoms with Crippen molar-refractivity contribution in [1.29, 1.82) is 0 Å². The Balaban J connectivity index is 1.37. The van der Waals surface area contributed by atoms with Crippen molar-refractivity contribution in [2.75, 3.05) is 18.5 Å². The van der Waals surface area contributed by atoms with Gasteiger partial charge in [-0.1, -0.05) is 35.9 Å². The summed E-state index contributed by atoms with van der Waals surface area (Å²) >= 11 is 7.14. The number of fused-ring (bicyclic) bond motifs is 1. The number of amides is 2. The Kier molecular flexibility index (Phi) is 6.95. The molecule has 0 saturated carbocycles. The van der Waals surface area contributed by atoms with Gasteiger partial charge in [0.1, 0.15) is 0 Å². The summed E-state index contributed by atoms with van der Waals surface area (Å²) in [6.07, 6.45) is 0.554. The number of hydrogen-bond donors (Lipinski definition) is 2. The van der Waals surface area contributed by atoms with Gasteiger partial charge in [0.25, 0.3) is 5.91 Å². The SMILES string of the molecule is O=C(COC(=O)C[C@H]1Sc2ccccc2NC1=O)NCCc1ccc(Cl)cc1. The number of benzene rings is 2. The molecule has 0 radical (unpaired) electrons. The molecule has 3 rings (SSSR count). The molecule has 0 aliphatic carbocycles. The predicted molar refractivity (Wildman–Crippen MR) is 108 cm³/mol. The van der Waals surface area contributed by atoms with Gasteiger partial charge < -0.3 is 15.4 Å². The molecule has 6 nitrogen and oxygen atoms in total. The third-order valence-corrected chi connectivity index (χ3v) is 5.60. The zero-order chi connectivity index (χ0) is 19.9. The Morgan fingerprint density at radius 1 is 1.14 bits per heavy atom. The lowest BCUT2D eigenvalue weighted by Crippen LogP contribution is -2.33. The highest BCUT2D eigenvalue weighted by molar-refractivity contribution is 8.01. The van der Waals surface area contributed by atoms with Crippen LogP contribution >= 0.6 is 23.4 Å². The number of carbonyl (C=O) groups is 3. The lowest BCUT2D eigenvalue weighted by Gasteiger charge is -2.23. The summed E-state index contributed by atoms with van der Waals surface area (Å²) in [6.45, 7) is 0.0602. The molecule has 0 unspecified atom stereocenters. The van der Waals surface area contributed by atoms with Crippen LogP contribution in [-0.4, -0.2) is 36.2 Å². The molecule has 8 heteroatoms. The molecule has 1 atom stereocenters. The van der Waals surface area contributed by atoms with Gasteiger partial charge in [-0.15, -0.1) is 11.8 Å². The molecule has 0 aromatic heterocycles. The molecule has 1 aliphatic heterocycles. The van der Waals surface area contributed by atoms with Gasteiger partial charge in [-0.05, 0) is 36.2 Å². The Morgan fingerprint density at radius 3 is 2.68 bits per heavy atom. The van der Waals surface area contributed by atoms with Crippen molar-refractivity contribution >= 4 is 46.8 Å². The molecule has 1 heterocycles. The van der Waals surface area contributed by atoms with E-state index in [0.29, 0.717) is 18.0 Å². The van der Waals surface area contributed by atoms with Gasteiger partial charge in [0, 0.05) is 16.5 Å². The molecular formula is C20H19ClN2O4S. The molecule has 146 valence electrons. The quantitative estimate of drug-likeness (QED) is 0.675. The first-order chi connectivity index (χ1) is 13.5. The highest BCUT2D eigenvalue weighted by Crippen LogP contribution is 2.36. The van der Waals surface area contributed by atoms with Crippen molar-refractivity contribution in [2.24, 2.45) is 0 Å². The van der Waals surface area contributed by atoms with Gasteiger partial charge in [-0.3, -0.25) is 14.4 Å². The van der Waals surface area contributed by atoms with Crippen LogP contribution in [-0.2, 0) is 25.5 Å². The molecule has 2 N–H and O–H groups in total. The Morgan fingerprint density at radius 2 is 1.89 bits per heavy atom. The maximum atomic E-state index is 12.1. The second-order valence-corrected chi connectivity index (χ2v) is 7.86. The van der Waals surface area contributed by atoms with E-state index < -0.39 is 11.2 Å². The largest absolute Gasteiger partial charge is 0.456 e. The summed E-state index contributed by atoms with van der Waals surface area (Å²) in [5, 5.41) is 5.55. The fourth-order valence-corrected chi connectivity index (χ4v) is 3.85. The molecule has 0 fully saturated rings. The summed E-state index contributed by atoms with van der Waals surface area (Å²) in [6, 6.07) is 14.7. The van der Waals surface area contributed by atoms with Gasteiger partial charge in [0.05, 0.1) is 17.4 Å². The first kappa shape index (κ1) is 20.2. The lowest BCUT2D eigenvalue weighted by atomic mass is 10.1. The zero-order valence-electron chi connectivity index (χ0n) is 14.9. The second-order valence-electron chi connectivity index (χ2n) is 6.18. The van der Waals surface area contributed by atoms with Crippen LogP contribution in [0.1, 0.15) is 12.0 Å². The molecule has 0 spiro atoms. The van der Waals surface area contributed by atoms with Crippen molar-refractivity contribution in [3.05, 3.63) is 59.1 Å². The van der Waals surface area contributed by atoms with E-state index in [0.717, 1.165) is 16.1 Å². The van der Waals surface area contributed by atoms with Crippen LogP contribution in [0.4, 0.5) is 5.69 Å². The Hall–Kier alpha value is -2.51. The fraction of sp³-hybridized carbons (Fsp3) is 0.250. The van der Waals surface area contributed by atoms with Gasteiger partial charge in [-0.25, -0.2) is 0 Å². The molecule has 0 saturated heterocycles. The standard InChI is InChI=1S/C20H19ClN2O4S/c21-14-7-5-13(6-8-14)9-10-22-18(24)12-27-19(25)11-17-20(26)23-15-3-1-2-4-16(15)28-17/h1-8,17H,9-12H2,(H,22,24)(H,23,26)/t17-/m1/s1. The number of carbonyl (C=O) groups excluding carboxylic acids is 3. The number of esters is 1. The van der Waals surface area contributed by atoms with Crippen molar-refractivity contribution in [1.82, 2.24) is 5.32 Å². The van der Waals surface area contributed by atoms with E-state index in [4.69, 9.17) is 16.3 Å². The highest BCUT2D eigenvalue weighted by atomic mass is 35.5. The molecule has 1 aliphatic rings. The summed E-state index contributed by atoms with van der Waals surface area (Å²) in [4.78, 5) is 36.8. The average Bonchev–Trinajstić information content (AvgIpc) is 2.68. The number of nitrogens with one attached hydrogen (secondary N) is 2. The van der Waals surface area contributed by atoms with E-state index in [9.17, 15) is 14.4 Å². The van der Waals surface area contributed by atoms with Crippen LogP contribution in [0.15, 0.2) is 53.4 Å². The zero-order valence-corrected chi connectivity index (χ0v) is 16.5. The summed E-state index contributed by atoms with van der Waals surface area (Å²) in [7, 11) is 0. The first-order valence-electron chi connectivity index (χ1n) is 8.74. The van der Waals surface area contributed by atoms with Crippen molar-refractivity contribution in [3.63, 3.8) is 0 Å². The summed E-state index contributed by atoms with van der Waals surface area (Å²) in [5.41, 5.74) is 1.78. The van der Waals surface area contributed by atoms with Crippen LogP contribution in [0.5, 0.6) is 0 Å². The van der Waals surface area contributed by atoms with Crippen molar-refractivity contribution in [2.45, 2.75) is 23.0 Å². The van der Waals surface area contributed by atoms with Gasteiger partial charge in [-0.2, -0.15) is 0 Å². The van der Waals surface area contributed by atoms with Crippen molar-refractivity contribution < 1.29 is 19.1 Å². The van der Waals surface area contributed by atoms with E-state index in [1.54, 1.807) is 12.1 Å². The number of thioether (sulfide) groups is 1. The molecule has 0 bridgehead atoms. The topological polar surface area (TPSA) is 84.5 Å². The van der Waals surface area contributed by atoms with Crippen LogP contribution in [0, 0.1) is 0 Å². The van der Waals surface area contributed by atoms with Gasteiger partial charge in [0.2, 0.25) is 5.91 Å². The lowest BCUT2D eigenvalue weighted by molar-refractivity contribution is -0.149. The summed E-state index contributed by atoms with van der Waals surface area (Å²) < 4.78 is 5.00. The number of ether oxygens (including phenoxy) is 1. The number of para-hydroxylation sites is 1. The van der Waals surface area contributed by atoms with E-state index >= 15 is 0 Å².